The molecule has 3 aromatic carbocycles. The van der Waals surface area contributed by atoms with Gasteiger partial charge in [0.25, 0.3) is 10.0 Å². The molecular weight excluding hydrogens is 593 g/mol. The van der Waals surface area contributed by atoms with Gasteiger partial charge in [-0.3, -0.25) is 13.9 Å². The zero-order valence-corrected chi connectivity index (χ0v) is 25.8. The second-order valence-electron chi connectivity index (χ2n) is 9.51. The molecule has 0 radical (unpaired) electrons. The Bertz CT molecular complexity index is 1470. The van der Waals surface area contributed by atoms with Gasteiger partial charge >= 0.3 is 0 Å². The van der Waals surface area contributed by atoms with E-state index in [1.165, 1.54) is 23.1 Å². The highest BCUT2D eigenvalue weighted by Gasteiger charge is 2.33. The Morgan fingerprint density at radius 2 is 1.60 bits per heavy atom. The minimum atomic E-state index is -4.18. The number of rotatable bonds is 11. The highest BCUT2D eigenvalue weighted by Crippen LogP contribution is 2.29. The number of carbonyl (C=O) groups is 2. The van der Waals surface area contributed by atoms with Gasteiger partial charge in [-0.15, -0.1) is 0 Å². The Balaban J connectivity index is 2.06. The largest absolute Gasteiger partial charge is 0.352 e. The predicted octanol–water partition coefficient (Wildman–Crippen LogP) is 6.48. The summed E-state index contributed by atoms with van der Waals surface area (Å²) in [6.45, 7) is 6.56. The van der Waals surface area contributed by atoms with E-state index in [1.807, 2.05) is 13.8 Å². The lowest BCUT2D eigenvalue weighted by atomic mass is 10.1. The molecule has 214 valence electrons. The van der Waals surface area contributed by atoms with Crippen molar-refractivity contribution in [2.45, 2.75) is 57.6 Å². The highest BCUT2D eigenvalue weighted by molar-refractivity contribution is 7.92. The van der Waals surface area contributed by atoms with Crippen molar-refractivity contribution >= 4 is 62.3 Å². The van der Waals surface area contributed by atoms with Gasteiger partial charge in [-0.05, 0) is 74.7 Å². The quantitative estimate of drug-likeness (QED) is 0.265. The monoisotopic (exact) mass is 623 g/mol. The zero-order valence-electron chi connectivity index (χ0n) is 22.7. The smallest absolute Gasteiger partial charge is 0.264 e. The molecule has 0 aliphatic carbocycles. The van der Waals surface area contributed by atoms with E-state index >= 15 is 0 Å². The van der Waals surface area contributed by atoms with Gasteiger partial charge in [-0.1, -0.05) is 72.1 Å². The van der Waals surface area contributed by atoms with E-state index < -0.39 is 28.5 Å². The van der Waals surface area contributed by atoms with Crippen LogP contribution in [0.25, 0.3) is 0 Å². The SMILES string of the molecule is CCC(C)NC(=O)C(C)N(Cc1ccc(Cl)cc1Cl)C(=O)CN(c1ccc(C)c(Cl)c1)S(=O)(=O)c1ccccc1. The summed E-state index contributed by atoms with van der Waals surface area (Å²) in [4.78, 5) is 28.4. The standard InChI is InChI=1S/C29H32Cl3N3O4S/c1-5-20(3)33-29(37)21(4)34(17-22-12-13-23(30)15-27(22)32)28(36)18-35(24-14-11-19(2)26(31)16-24)40(38,39)25-9-7-6-8-10-25/h6-16,20-21H,5,17-18H2,1-4H3,(H,33,37). The molecule has 0 aromatic heterocycles. The van der Waals surface area contributed by atoms with Crippen LogP contribution < -0.4 is 9.62 Å². The number of amides is 2. The number of carbonyl (C=O) groups excluding carboxylic acids is 2. The number of halogens is 3. The lowest BCUT2D eigenvalue weighted by molar-refractivity contribution is -0.139. The Labute approximate surface area is 251 Å². The third-order valence-corrected chi connectivity index (χ3v) is 9.36. The minimum Gasteiger partial charge on any atom is -0.352 e. The molecule has 0 spiro atoms. The van der Waals surface area contributed by atoms with Gasteiger partial charge in [0.2, 0.25) is 11.8 Å². The highest BCUT2D eigenvalue weighted by atomic mass is 35.5. The zero-order chi connectivity index (χ0) is 29.6. The van der Waals surface area contributed by atoms with E-state index in [0.717, 1.165) is 9.87 Å². The molecule has 2 unspecified atom stereocenters. The summed E-state index contributed by atoms with van der Waals surface area (Å²) in [5, 5.41) is 3.98. The average Bonchev–Trinajstić information content (AvgIpc) is 2.92. The fourth-order valence-electron chi connectivity index (χ4n) is 3.87. The van der Waals surface area contributed by atoms with Crippen LogP contribution in [0.1, 0.15) is 38.3 Å². The summed E-state index contributed by atoms with van der Waals surface area (Å²) in [6.07, 6.45) is 0.701. The van der Waals surface area contributed by atoms with Crippen LogP contribution in [-0.4, -0.2) is 43.8 Å². The van der Waals surface area contributed by atoms with Gasteiger partial charge in [0.15, 0.2) is 0 Å². The van der Waals surface area contributed by atoms with Crippen molar-refractivity contribution in [1.82, 2.24) is 10.2 Å². The molecule has 0 heterocycles. The molecule has 40 heavy (non-hydrogen) atoms. The molecule has 0 aliphatic rings. The van der Waals surface area contributed by atoms with Gasteiger partial charge in [0.1, 0.15) is 12.6 Å². The number of hydrogen-bond donors (Lipinski definition) is 1. The van der Waals surface area contributed by atoms with Crippen LogP contribution in [0, 0.1) is 6.92 Å². The van der Waals surface area contributed by atoms with E-state index in [9.17, 15) is 18.0 Å². The number of anilines is 1. The van der Waals surface area contributed by atoms with E-state index in [1.54, 1.807) is 62.4 Å². The van der Waals surface area contributed by atoms with Crippen LogP contribution in [0.15, 0.2) is 71.6 Å². The number of benzene rings is 3. The maximum atomic E-state index is 14.0. The van der Waals surface area contributed by atoms with Crippen molar-refractivity contribution in [2.75, 3.05) is 10.8 Å². The first-order chi connectivity index (χ1) is 18.8. The average molecular weight is 625 g/mol. The second kappa shape index (κ2) is 13.7. The molecule has 11 heteroatoms. The third-order valence-electron chi connectivity index (χ3n) is 6.58. The van der Waals surface area contributed by atoms with Crippen molar-refractivity contribution in [1.29, 1.82) is 0 Å². The summed E-state index contributed by atoms with van der Waals surface area (Å²) < 4.78 is 28.6. The van der Waals surface area contributed by atoms with Gasteiger partial charge in [-0.25, -0.2) is 8.42 Å². The van der Waals surface area contributed by atoms with Gasteiger partial charge in [0.05, 0.1) is 10.6 Å². The Hall–Kier alpha value is -2.78. The second-order valence-corrected chi connectivity index (χ2v) is 12.6. The summed E-state index contributed by atoms with van der Waals surface area (Å²) in [7, 11) is -4.18. The molecule has 3 rings (SSSR count). The van der Waals surface area contributed by atoms with Gasteiger partial charge in [-0.2, -0.15) is 0 Å². The third kappa shape index (κ3) is 7.69. The van der Waals surface area contributed by atoms with E-state index in [-0.39, 0.29) is 29.1 Å². The van der Waals surface area contributed by atoms with Gasteiger partial charge < -0.3 is 10.2 Å². The summed E-state index contributed by atoms with van der Waals surface area (Å²) in [6, 6.07) is 16.4. The van der Waals surface area contributed by atoms with Gasteiger partial charge in [0, 0.05) is 27.7 Å². The first kappa shape index (κ1) is 31.7. The van der Waals surface area contributed by atoms with E-state index in [4.69, 9.17) is 34.8 Å². The van der Waals surface area contributed by atoms with Crippen LogP contribution >= 0.6 is 34.8 Å². The minimum absolute atomic E-state index is 0.00866. The Morgan fingerprint density at radius 1 is 0.925 bits per heavy atom. The van der Waals surface area contributed by atoms with Crippen molar-refractivity contribution in [3.05, 3.63) is 92.9 Å². The Kier molecular flexibility index (Phi) is 10.9. The molecule has 7 nitrogen and oxygen atoms in total. The molecule has 0 saturated heterocycles. The molecule has 1 N–H and O–H groups in total. The molecule has 2 atom stereocenters. The number of nitrogens with one attached hydrogen (secondary N) is 1. The number of hydrogen-bond acceptors (Lipinski definition) is 4. The molecule has 3 aromatic rings. The van der Waals surface area contributed by atoms with Crippen molar-refractivity contribution < 1.29 is 18.0 Å². The molecular formula is C29H32Cl3N3O4S. The summed E-state index contributed by atoms with van der Waals surface area (Å²) in [5.41, 5.74) is 1.52. The first-order valence-electron chi connectivity index (χ1n) is 12.7. The van der Waals surface area contributed by atoms with Crippen molar-refractivity contribution in [2.24, 2.45) is 0 Å². The molecule has 0 aliphatic heterocycles. The number of sulfonamides is 1. The van der Waals surface area contributed by atoms with Crippen LogP contribution in [0.4, 0.5) is 5.69 Å². The fraction of sp³-hybridized carbons (Fsp3) is 0.310. The molecule has 0 fully saturated rings. The molecule has 0 bridgehead atoms. The van der Waals surface area contributed by atoms with Crippen LogP contribution in [0.3, 0.4) is 0 Å². The van der Waals surface area contributed by atoms with E-state index in [0.29, 0.717) is 27.1 Å². The normalized spacial score (nSPS) is 12.9. The molecule has 2 amide bonds. The predicted molar refractivity (Wildman–Crippen MR) is 162 cm³/mol. The number of aryl methyl sites for hydroxylation is 1. The summed E-state index contributed by atoms with van der Waals surface area (Å²) >= 11 is 18.8. The number of nitrogens with zero attached hydrogens (tertiary/aromatic N) is 2. The van der Waals surface area contributed by atoms with Crippen LogP contribution in [0.2, 0.25) is 15.1 Å². The Morgan fingerprint density at radius 3 is 2.20 bits per heavy atom. The van der Waals surface area contributed by atoms with Crippen LogP contribution in [0.5, 0.6) is 0 Å². The van der Waals surface area contributed by atoms with Crippen LogP contribution in [-0.2, 0) is 26.2 Å². The molecule has 0 saturated carbocycles. The van der Waals surface area contributed by atoms with E-state index in [2.05, 4.69) is 5.32 Å². The fourth-order valence-corrected chi connectivity index (χ4v) is 5.94. The van der Waals surface area contributed by atoms with Crippen molar-refractivity contribution in [3.8, 4) is 0 Å². The first-order valence-corrected chi connectivity index (χ1v) is 15.3. The maximum absolute atomic E-state index is 14.0. The maximum Gasteiger partial charge on any atom is 0.264 e. The topological polar surface area (TPSA) is 86.8 Å². The lowest BCUT2D eigenvalue weighted by Gasteiger charge is -2.32. The summed E-state index contributed by atoms with van der Waals surface area (Å²) in [5.74, 6) is -0.974. The van der Waals surface area contributed by atoms with Crippen molar-refractivity contribution in [3.63, 3.8) is 0 Å². The lowest BCUT2D eigenvalue weighted by Crippen LogP contribution is -2.52.